The van der Waals surface area contributed by atoms with Crippen molar-refractivity contribution in [1.82, 2.24) is 24.5 Å². The summed E-state index contributed by atoms with van der Waals surface area (Å²) in [6, 6.07) is 26.6. The van der Waals surface area contributed by atoms with E-state index in [0.717, 1.165) is 23.4 Å². The first kappa shape index (κ1) is 33.5. The van der Waals surface area contributed by atoms with Crippen molar-refractivity contribution in [1.29, 1.82) is 5.26 Å². The highest BCUT2D eigenvalue weighted by Crippen LogP contribution is 2.31. The van der Waals surface area contributed by atoms with Crippen molar-refractivity contribution < 1.29 is 22.4 Å². The second kappa shape index (κ2) is 14.1. The van der Waals surface area contributed by atoms with Gasteiger partial charge in [0, 0.05) is 20.0 Å². The van der Waals surface area contributed by atoms with Crippen LogP contribution >= 0.6 is 0 Å². The molecule has 0 atom stereocenters. The number of alkyl halides is 3. The van der Waals surface area contributed by atoms with Crippen LogP contribution in [0.25, 0.3) is 22.8 Å². The lowest BCUT2D eigenvalue weighted by molar-refractivity contribution is -0.870. The molecule has 2 heterocycles. The topological polar surface area (TPSA) is 97.6 Å². The van der Waals surface area contributed by atoms with E-state index in [2.05, 4.69) is 10.4 Å². The van der Waals surface area contributed by atoms with Gasteiger partial charge in [0.1, 0.15) is 11.3 Å². The molecule has 0 aliphatic rings. The van der Waals surface area contributed by atoms with Crippen LogP contribution in [0.5, 0.6) is 0 Å². The smallest absolute Gasteiger partial charge is 0.352 e. The van der Waals surface area contributed by atoms with Crippen LogP contribution in [0.1, 0.15) is 27.9 Å². The number of hydrogen-bond donors (Lipinski definition) is 1. The van der Waals surface area contributed by atoms with Gasteiger partial charge in [0.2, 0.25) is 0 Å². The average Bonchev–Trinajstić information content (AvgIpc) is 3.61. The molecule has 1 N–H and O–H groups in total. The van der Waals surface area contributed by atoms with E-state index in [0.29, 0.717) is 34.4 Å². The van der Waals surface area contributed by atoms with E-state index in [9.17, 15) is 22.8 Å². The minimum absolute atomic E-state index is 0.0444. The van der Waals surface area contributed by atoms with E-state index in [4.69, 9.17) is 5.26 Å². The molecule has 12 heteroatoms. The Morgan fingerprint density at radius 3 is 2.13 bits per heavy atom. The summed E-state index contributed by atoms with van der Waals surface area (Å²) in [5.74, 6) is -0.643. The number of carbonyl (C=O) groups excluding carboxylic acids is 1. The fourth-order valence-corrected chi connectivity index (χ4v) is 4.80. The summed E-state index contributed by atoms with van der Waals surface area (Å²) in [5.41, 5.74) is -0.415. The van der Waals surface area contributed by atoms with Gasteiger partial charge in [-0.3, -0.25) is 14.3 Å². The zero-order valence-corrected chi connectivity index (χ0v) is 26.0. The van der Waals surface area contributed by atoms with E-state index in [1.54, 1.807) is 30.3 Å². The molecule has 238 valence electrons. The minimum atomic E-state index is -4.62. The van der Waals surface area contributed by atoms with Crippen molar-refractivity contribution in [2.24, 2.45) is 7.05 Å². The third kappa shape index (κ3) is 7.99. The summed E-state index contributed by atoms with van der Waals surface area (Å²) in [5, 5.41) is 16.3. The molecular weight excluding hydrogens is 595 g/mol. The number of aromatic nitrogens is 4. The van der Waals surface area contributed by atoms with E-state index >= 15 is 0 Å². The van der Waals surface area contributed by atoms with Gasteiger partial charge in [0.25, 0.3) is 11.5 Å². The maximum absolute atomic E-state index is 13.8. The van der Waals surface area contributed by atoms with Crippen molar-refractivity contribution in [3.63, 3.8) is 0 Å². The molecule has 0 fully saturated rings. The Kier molecular flexibility index (Phi) is 10.3. The highest BCUT2D eigenvalue weighted by Gasteiger charge is 2.32. The maximum Gasteiger partial charge on any atom is 0.416 e. The molecule has 46 heavy (non-hydrogen) atoms. The summed E-state index contributed by atoms with van der Waals surface area (Å²) >= 11 is 0. The van der Waals surface area contributed by atoms with Crippen molar-refractivity contribution >= 4 is 5.91 Å². The van der Waals surface area contributed by atoms with Crippen LogP contribution in [0.3, 0.4) is 0 Å². The number of quaternary nitrogens is 1. The van der Waals surface area contributed by atoms with E-state index in [1.165, 1.54) is 34.7 Å². The molecule has 5 aromatic rings. The number of carbonyl (C=O) groups is 1. The van der Waals surface area contributed by atoms with Gasteiger partial charge >= 0.3 is 6.18 Å². The number of nitriles is 1. The lowest BCUT2D eigenvalue weighted by Crippen LogP contribution is -2.38. The van der Waals surface area contributed by atoms with E-state index in [-0.39, 0.29) is 16.9 Å². The number of benzene rings is 3. The minimum Gasteiger partial charge on any atom is -0.352 e. The molecule has 1 amide bonds. The molecule has 0 saturated heterocycles. The molecule has 2 aromatic heterocycles. The van der Waals surface area contributed by atoms with E-state index in [1.807, 2.05) is 63.6 Å². The zero-order chi connectivity index (χ0) is 33.5. The van der Waals surface area contributed by atoms with Crippen molar-refractivity contribution in [2.45, 2.75) is 12.6 Å². The van der Waals surface area contributed by atoms with E-state index < -0.39 is 23.2 Å². The summed E-state index contributed by atoms with van der Waals surface area (Å²) < 4.78 is 45.0. The first-order valence-electron chi connectivity index (χ1n) is 14.4. The monoisotopic (exact) mass is 630 g/mol. The molecule has 3 aromatic carbocycles. The quantitative estimate of drug-likeness (QED) is 0.183. The fraction of sp³-hybridized carbons (Fsp3) is 0.235. The van der Waals surface area contributed by atoms with Crippen LogP contribution in [-0.2, 0) is 13.2 Å². The predicted octanol–water partition coefficient (Wildman–Crippen LogP) is 5.43. The highest BCUT2D eigenvalue weighted by atomic mass is 19.4. The second-order valence-corrected chi connectivity index (χ2v) is 11.5. The molecule has 0 saturated carbocycles. The Bertz CT molecular complexity index is 1850. The van der Waals surface area contributed by atoms with Gasteiger partial charge in [-0.15, -0.1) is 0 Å². The van der Waals surface area contributed by atoms with Gasteiger partial charge in [-0.2, -0.15) is 23.5 Å². The van der Waals surface area contributed by atoms with Crippen LogP contribution in [0, 0.1) is 11.3 Å². The van der Waals surface area contributed by atoms with Gasteiger partial charge in [-0.1, -0.05) is 42.5 Å². The second-order valence-electron chi connectivity index (χ2n) is 11.5. The fourth-order valence-electron chi connectivity index (χ4n) is 4.80. The van der Waals surface area contributed by atoms with Gasteiger partial charge < -0.3 is 9.80 Å². The van der Waals surface area contributed by atoms with Gasteiger partial charge in [-0.05, 0) is 48.5 Å². The van der Waals surface area contributed by atoms with Crippen LogP contribution in [-0.4, -0.2) is 63.8 Å². The standard InChI is InChI=1S/C28H28F3N7O2.C6H6/c1-35-25(23-13-15-34-36(23)21-11-9-19(18-32)10-12-21)24(26(39)33-14-6-16-38(2,3)4)27(40)37(35)22-8-5-7-20(17-22)28(29,30)31;1-2-4-6-5-3-1/h5,7-13,15,17H,6,14,16H2,1-4H3;1-6H/p+1. The van der Waals surface area contributed by atoms with Crippen LogP contribution < -0.4 is 10.9 Å². The normalized spacial score (nSPS) is 11.3. The highest BCUT2D eigenvalue weighted by molar-refractivity contribution is 5.99. The molecule has 0 bridgehead atoms. The third-order valence-corrected chi connectivity index (χ3v) is 7.00. The number of rotatable bonds is 8. The Morgan fingerprint density at radius 1 is 0.935 bits per heavy atom. The molecule has 9 nitrogen and oxygen atoms in total. The zero-order valence-electron chi connectivity index (χ0n) is 26.0. The lowest BCUT2D eigenvalue weighted by atomic mass is 10.1. The first-order chi connectivity index (χ1) is 21.8. The summed E-state index contributed by atoms with van der Waals surface area (Å²) in [7, 11) is 7.57. The number of nitrogens with one attached hydrogen (secondary N) is 1. The third-order valence-electron chi connectivity index (χ3n) is 7.00. The summed E-state index contributed by atoms with van der Waals surface area (Å²) in [6.45, 7) is 1.09. The van der Waals surface area contributed by atoms with Crippen LogP contribution in [0.4, 0.5) is 13.2 Å². The van der Waals surface area contributed by atoms with Crippen molar-refractivity contribution in [3.8, 4) is 28.8 Å². The maximum atomic E-state index is 13.8. The van der Waals surface area contributed by atoms with Gasteiger partial charge in [0.15, 0.2) is 0 Å². The van der Waals surface area contributed by atoms with Crippen molar-refractivity contribution in [3.05, 3.63) is 124 Å². The molecule has 0 aliphatic carbocycles. The number of halogens is 3. The number of amides is 1. The Morgan fingerprint density at radius 2 is 1.57 bits per heavy atom. The molecule has 0 spiro atoms. The molecular formula is C34H35F3N7O2+. The summed E-state index contributed by atoms with van der Waals surface area (Å²) in [4.78, 5) is 27.2. The Hall–Kier alpha value is -5.41. The van der Waals surface area contributed by atoms with Gasteiger partial charge in [-0.25, -0.2) is 9.36 Å². The Balaban J connectivity index is 0.000000717. The molecule has 5 rings (SSSR count). The van der Waals surface area contributed by atoms with Crippen LogP contribution in [0.2, 0.25) is 0 Å². The first-order valence-corrected chi connectivity index (χ1v) is 14.4. The average molecular weight is 631 g/mol. The summed E-state index contributed by atoms with van der Waals surface area (Å²) in [6.07, 6.45) is -2.47. The van der Waals surface area contributed by atoms with Crippen LogP contribution in [0.15, 0.2) is 102 Å². The van der Waals surface area contributed by atoms with Crippen molar-refractivity contribution in [2.75, 3.05) is 34.2 Å². The largest absolute Gasteiger partial charge is 0.416 e. The molecule has 0 unspecified atom stereocenters. The lowest BCUT2D eigenvalue weighted by Gasteiger charge is -2.23. The molecule has 0 aliphatic heterocycles. The van der Waals surface area contributed by atoms with Gasteiger partial charge in [0.05, 0.1) is 68.1 Å². The Labute approximate surface area is 264 Å². The molecule has 0 radical (unpaired) electrons. The number of hydrogen-bond acceptors (Lipinski definition) is 4. The SMILES string of the molecule is Cn1c(-c2ccnn2-c2ccc(C#N)cc2)c(C(=O)NCCC[N+](C)(C)C)c(=O)n1-c1cccc(C(F)(F)F)c1.c1ccccc1. The predicted molar refractivity (Wildman–Crippen MR) is 170 cm³/mol. The number of nitrogens with zero attached hydrogens (tertiary/aromatic N) is 6.